The van der Waals surface area contributed by atoms with Gasteiger partial charge < -0.3 is 5.32 Å². The van der Waals surface area contributed by atoms with Crippen LogP contribution in [0.15, 0.2) is 29.2 Å². The fourth-order valence-electron chi connectivity index (χ4n) is 1.94. The lowest BCUT2D eigenvalue weighted by molar-refractivity contribution is 0.578. The van der Waals surface area contributed by atoms with Crippen LogP contribution in [0, 0.1) is 0 Å². The number of hydrogen-bond acceptors (Lipinski definition) is 3. The minimum Gasteiger partial charge on any atom is -0.310 e. The Morgan fingerprint density at radius 3 is 2.39 bits per heavy atom. The molecular weight excluding hydrogens is 248 g/mol. The smallest absolute Gasteiger partial charge is 0.241 e. The van der Waals surface area contributed by atoms with Gasteiger partial charge in [-0.3, -0.25) is 0 Å². The first-order chi connectivity index (χ1) is 8.65. The molecule has 2 fully saturated rings. The molecule has 2 aliphatic rings. The van der Waals surface area contributed by atoms with E-state index < -0.39 is 10.0 Å². The Labute approximate surface area is 108 Å². The minimum absolute atomic E-state index is 0.152. The lowest BCUT2D eigenvalue weighted by atomic mass is 10.2. The predicted octanol–water partition coefficient (Wildman–Crippen LogP) is 1.38. The summed E-state index contributed by atoms with van der Waals surface area (Å²) >= 11 is 0. The molecule has 0 atom stereocenters. The van der Waals surface area contributed by atoms with Crippen LogP contribution in [0.2, 0.25) is 0 Å². The van der Waals surface area contributed by atoms with Crippen molar-refractivity contribution in [2.75, 3.05) is 0 Å². The Kier molecular flexibility index (Phi) is 3.13. The molecule has 0 amide bonds. The third kappa shape index (κ3) is 2.91. The van der Waals surface area contributed by atoms with Crippen molar-refractivity contribution >= 4 is 10.0 Å². The molecular formula is C13H18N2O2S. The van der Waals surface area contributed by atoms with E-state index in [9.17, 15) is 8.42 Å². The quantitative estimate of drug-likeness (QED) is 0.818. The molecule has 1 aromatic carbocycles. The molecule has 2 aliphatic carbocycles. The van der Waals surface area contributed by atoms with Crippen molar-refractivity contribution in [3.8, 4) is 0 Å². The molecule has 2 saturated carbocycles. The Bertz CT molecular complexity index is 534. The predicted molar refractivity (Wildman–Crippen MR) is 69.6 cm³/mol. The number of nitrogens with one attached hydrogen (secondary N) is 2. The zero-order chi connectivity index (χ0) is 12.6. The van der Waals surface area contributed by atoms with Gasteiger partial charge in [-0.15, -0.1) is 0 Å². The third-order valence-corrected chi connectivity index (χ3v) is 4.94. The van der Waals surface area contributed by atoms with Crippen molar-refractivity contribution in [1.82, 2.24) is 10.0 Å². The SMILES string of the molecule is O=S(=O)(NC1CC1)c1ccccc1CNC1CC1. The average Bonchev–Trinajstić information content (AvgIpc) is 3.21. The Morgan fingerprint density at radius 1 is 1.06 bits per heavy atom. The lowest BCUT2D eigenvalue weighted by Gasteiger charge is -2.11. The van der Waals surface area contributed by atoms with Gasteiger partial charge in [0.2, 0.25) is 10.0 Å². The number of hydrogen-bond donors (Lipinski definition) is 2. The van der Waals surface area contributed by atoms with E-state index in [1.807, 2.05) is 12.1 Å². The molecule has 0 spiro atoms. The van der Waals surface area contributed by atoms with E-state index in [0.717, 1.165) is 18.4 Å². The van der Waals surface area contributed by atoms with Crippen molar-refractivity contribution in [3.63, 3.8) is 0 Å². The Hall–Kier alpha value is -0.910. The summed E-state index contributed by atoms with van der Waals surface area (Å²) in [6.07, 6.45) is 4.33. The fraction of sp³-hybridized carbons (Fsp3) is 0.538. The van der Waals surface area contributed by atoms with Crippen LogP contribution < -0.4 is 10.0 Å². The maximum atomic E-state index is 12.2. The van der Waals surface area contributed by atoms with E-state index in [2.05, 4.69) is 10.0 Å². The van der Waals surface area contributed by atoms with E-state index >= 15 is 0 Å². The summed E-state index contributed by atoms with van der Waals surface area (Å²) in [6, 6.07) is 7.98. The topological polar surface area (TPSA) is 58.2 Å². The molecule has 0 aromatic heterocycles. The zero-order valence-corrected chi connectivity index (χ0v) is 11.0. The first kappa shape index (κ1) is 12.1. The monoisotopic (exact) mass is 266 g/mol. The van der Waals surface area contributed by atoms with Crippen molar-refractivity contribution in [2.24, 2.45) is 0 Å². The van der Waals surface area contributed by atoms with Gasteiger partial charge in [0.25, 0.3) is 0 Å². The van der Waals surface area contributed by atoms with Crippen LogP contribution in [-0.4, -0.2) is 20.5 Å². The molecule has 1 aromatic rings. The van der Waals surface area contributed by atoms with Crippen LogP contribution in [0.3, 0.4) is 0 Å². The molecule has 0 unspecified atom stereocenters. The molecule has 3 rings (SSSR count). The normalized spacial score (nSPS) is 20.0. The summed E-state index contributed by atoms with van der Waals surface area (Å²) in [5.41, 5.74) is 0.859. The molecule has 0 heterocycles. The Morgan fingerprint density at radius 2 is 1.72 bits per heavy atom. The van der Waals surface area contributed by atoms with E-state index in [-0.39, 0.29) is 6.04 Å². The summed E-state index contributed by atoms with van der Waals surface area (Å²) in [6.45, 7) is 0.631. The molecule has 4 nitrogen and oxygen atoms in total. The lowest BCUT2D eigenvalue weighted by Crippen LogP contribution is -2.27. The molecule has 0 radical (unpaired) electrons. The van der Waals surface area contributed by atoms with Gasteiger partial charge in [0.1, 0.15) is 0 Å². The minimum atomic E-state index is -3.35. The van der Waals surface area contributed by atoms with E-state index in [0.29, 0.717) is 17.5 Å². The van der Waals surface area contributed by atoms with E-state index in [4.69, 9.17) is 0 Å². The molecule has 18 heavy (non-hydrogen) atoms. The van der Waals surface area contributed by atoms with E-state index in [1.165, 1.54) is 12.8 Å². The standard InChI is InChI=1S/C13H18N2O2S/c16-18(17,15-12-7-8-12)13-4-2-1-3-10(13)9-14-11-5-6-11/h1-4,11-12,14-15H,5-9H2. The zero-order valence-electron chi connectivity index (χ0n) is 10.2. The van der Waals surface area contributed by atoms with Gasteiger partial charge in [0, 0.05) is 18.6 Å². The van der Waals surface area contributed by atoms with Crippen molar-refractivity contribution in [1.29, 1.82) is 0 Å². The molecule has 0 bridgehead atoms. The maximum Gasteiger partial charge on any atom is 0.241 e. The van der Waals surface area contributed by atoms with Crippen LogP contribution in [0.5, 0.6) is 0 Å². The maximum absolute atomic E-state index is 12.2. The Balaban J connectivity index is 1.79. The van der Waals surface area contributed by atoms with Crippen LogP contribution in [0.4, 0.5) is 0 Å². The largest absolute Gasteiger partial charge is 0.310 e. The van der Waals surface area contributed by atoms with Crippen LogP contribution in [0.1, 0.15) is 31.2 Å². The highest BCUT2D eigenvalue weighted by Crippen LogP contribution is 2.24. The van der Waals surface area contributed by atoms with E-state index in [1.54, 1.807) is 12.1 Å². The molecule has 0 saturated heterocycles. The summed E-state index contributed by atoms with van der Waals surface area (Å²) in [5, 5.41) is 3.36. The van der Waals surface area contributed by atoms with Gasteiger partial charge in [-0.05, 0) is 37.3 Å². The van der Waals surface area contributed by atoms with Gasteiger partial charge in [0.05, 0.1) is 4.90 Å². The van der Waals surface area contributed by atoms with Gasteiger partial charge in [-0.25, -0.2) is 13.1 Å². The van der Waals surface area contributed by atoms with Gasteiger partial charge in [-0.2, -0.15) is 0 Å². The molecule has 5 heteroatoms. The van der Waals surface area contributed by atoms with Crippen LogP contribution in [0.25, 0.3) is 0 Å². The summed E-state index contributed by atoms with van der Waals surface area (Å²) < 4.78 is 27.2. The highest BCUT2D eigenvalue weighted by molar-refractivity contribution is 7.89. The fourth-order valence-corrected chi connectivity index (χ4v) is 3.48. The van der Waals surface area contributed by atoms with Crippen molar-refractivity contribution in [3.05, 3.63) is 29.8 Å². The number of rotatable bonds is 6. The van der Waals surface area contributed by atoms with Crippen LogP contribution >= 0.6 is 0 Å². The highest BCUT2D eigenvalue weighted by Gasteiger charge is 2.29. The summed E-state index contributed by atoms with van der Waals surface area (Å²) in [7, 11) is -3.35. The van der Waals surface area contributed by atoms with Crippen LogP contribution in [-0.2, 0) is 16.6 Å². The highest BCUT2D eigenvalue weighted by atomic mass is 32.2. The first-order valence-corrected chi connectivity index (χ1v) is 7.97. The first-order valence-electron chi connectivity index (χ1n) is 6.49. The molecule has 0 aliphatic heterocycles. The average molecular weight is 266 g/mol. The second-order valence-electron chi connectivity index (χ2n) is 5.16. The van der Waals surface area contributed by atoms with Crippen molar-refractivity contribution < 1.29 is 8.42 Å². The summed E-state index contributed by atoms with van der Waals surface area (Å²) in [5.74, 6) is 0. The molecule has 98 valence electrons. The van der Waals surface area contributed by atoms with Gasteiger partial charge in [0.15, 0.2) is 0 Å². The third-order valence-electron chi connectivity index (χ3n) is 3.32. The molecule has 2 N–H and O–H groups in total. The van der Waals surface area contributed by atoms with Crippen molar-refractivity contribution in [2.45, 2.75) is 49.2 Å². The van der Waals surface area contributed by atoms with Gasteiger partial charge in [-0.1, -0.05) is 18.2 Å². The second kappa shape index (κ2) is 4.64. The number of sulfonamides is 1. The summed E-state index contributed by atoms with van der Waals surface area (Å²) in [4.78, 5) is 0.421. The van der Waals surface area contributed by atoms with Gasteiger partial charge >= 0.3 is 0 Å². The second-order valence-corrected chi connectivity index (χ2v) is 6.84. The number of benzene rings is 1.